The zero-order chi connectivity index (χ0) is 110. The van der Waals surface area contributed by atoms with Crippen LogP contribution in [0.5, 0.6) is 0 Å². The molecule has 818 valence electrons. The van der Waals surface area contributed by atoms with Crippen molar-refractivity contribution in [2.24, 2.45) is 17.8 Å². The summed E-state index contributed by atoms with van der Waals surface area (Å²) in [5, 5.41) is 0.322. The number of nitrogens with one attached hydrogen (secondary N) is 5. The first-order chi connectivity index (χ1) is 70.4. The number of piperidine rings is 5. The van der Waals surface area contributed by atoms with Crippen molar-refractivity contribution in [3.05, 3.63) is 236 Å². The van der Waals surface area contributed by atoms with E-state index in [1.165, 1.54) is 164 Å². The zero-order valence-corrected chi connectivity index (χ0v) is 95.5. The van der Waals surface area contributed by atoms with Gasteiger partial charge >= 0.3 is 5.97 Å². The molecule has 10 aromatic rings. The second-order valence-electron chi connectivity index (χ2n) is 38.7. The van der Waals surface area contributed by atoms with E-state index in [1.807, 2.05) is 53.4 Å². The predicted molar refractivity (Wildman–Crippen MR) is 592 cm³/mol. The van der Waals surface area contributed by atoms with E-state index in [4.69, 9.17) is 16.3 Å². The Morgan fingerprint density at radius 3 is 0.947 bits per heavy atom. The number of hydrogen-bond donors (Lipinski definition) is 5. The number of hydrogen-bond acceptors (Lipinski definition) is 29. The van der Waals surface area contributed by atoms with Crippen LogP contribution >= 0.6 is 11.6 Å². The van der Waals surface area contributed by atoms with Crippen molar-refractivity contribution >= 4 is 174 Å². The first-order valence-electron chi connectivity index (χ1n) is 48.8. The highest BCUT2D eigenvalue weighted by atomic mass is 35.5. The van der Waals surface area contributed by atoms with Gasteiger partial charge in [-0.25, -0.2) is 102 Å². The molecule has 0 amide bonds. The monoisotopic (exact) mass is 2280 g/mol. The molecule has 9 aromatic carbocycles. The number of carbonyl (C=O) groups excluding carboxylic acids is 1. The Labute approximate surface area is 891 Å². The Bertz CT molecular complexity index is 7550. The Balaban J connectivity index is 0.000000178. The number of aromatic nitrogens is 1. The molecule has 0 atom stereocenters. The van der Waals surface area contributed by atoms with E-state index in [9.17, 15) is 89.0 Å². The summed E-state index contributed by atoms with van der Waals surface area (Å²) in [6.07, 6.45) is 14.2. The topological polar surface area (TPSA) is 470 Å². The first kappa shape index (κ1) is 119. The minimum Gasteiger partial charge on any atom is -0.466 e. The molecule has 37 nitrogen and oxygen atoms in total. The summed E-state index contributed by atoms with van der Waals surface area (Å²) in [7, 11) is -24.7. The van der Waals surface area contributed by atoms with Gasteiger partial charge in [0.15, 0.2) is 24.7 Å². The van der Waals surface area contributed by atoms with E-state index in [-0.39, 0.29) is 61.0 Å². The lowest BCUT2D eigenvalue weighted by atomic mass is 9.96. The van der Waals surface area contributed by atoms with Crippen LogP contribution in [0.1, 0.15) is 112 Å². The SMILES string of the molecule is CC(C)(C)S(=O)(=O)c1ccc(S(=O)(=O)Nc2ccccc2N2CCCCC2)cc1.CC1CCN(c2c(Cl)cccc2NS(=O)(=O)c2ccc(S(=O)(=O)N(C)C)cc2)CC1.CCOC(=O)C1CCN(c2ccccc2NS(=O)(=O)c2ccc(S(=O)(=O)N(C)C)cc2)CC1.CN(C)CC1CCN(c2ccccc2NS(=O)(=O)c2ccc(S(=O)(=O)N(C)C)cc2)CC1.CS(=O)(=O)c1ccc(S(=O)(=O)Nc2ccccc2N2CCCCC2)cn1. The number of nitrogens with zero attached hydrogens (tertiary/aromatic N) is 10. The predicted octanol–water partition coefficient (Wildman–Crippen LogP) is 15.0. The van der Waals surface area contributed by atoms with Gasteiger partial charge in [-0.2, -0.15) is 0 Å². The third-order valence-corrected chi connectivity index (χ3v) is 41.9. The van der Waals surface area contributed by atoms with Gasteiger partial charge in [0.25, 0.3) is 50.1 Å². The molecule has 0 saturated carbocycles. The van der Waals surface area contributed by atoms with Gasteiger partial charge in [-0.3, -0.25) is 28.4 Å². The van der Waals surface area contributed by atoms with Gasteiger partial charge in [0.2, 0.25) is 30.1 Å². The summed E-state index contributed by atoms with van der Waals surface area (Å²) >= 11 is 6.43. The smallest absolute Gasteiger partial charge is 0.309 e. The first-order valence-corrected chi connectivity index (χ1v) is 64.3. The fraction of sp³-hybridized carbons (Fsp3) is 0.412. The Hall–Kier alpha value is -10.8. The third-order valence-electron chi connectivity index (χ3n) is 25.7. The fourth-order valence-electron chi connectivity index (χ4n) is 17.2. The molecular formula is C102H136ClN15O22S10. The van der Waals surface area contributed by atoms with Crippen molar-refractivity contribution in [3.8, 4) is 0 Å². The normalized spacial score (nSPS) is 15.8. The van der Waals surface area contributed by atoms with Gasteiger partial charge in [0, 0.05) is 127 Å². The average molecular weight is 2280 g/mol. The quantitative estimate of drug-likeness (QED) is 0.0244. The number of pyridine rings is 1. The van der Waals surface area contributed by atoms with Crippen LogP contribution in [0, 0.1) is 17.8 Å². The molecule has 0 radical (unpaired) electrons. The van der Waals surface area contributed by atoms with Gasteiger partial charge in [-0.1, -0.05) is 73.1 Å². The molecule has 5 saturated heterocycles. The standard InChI is InChI=1S/C22H32N4O4S2.C22H29N3O6S2.C21H28N2O4S2.C20H26ClN3O4S2.C17H21N3O4S2/c1-24(2)17-18-13-15-26(16-14-18)22-8-6-5-7-21(22)23-31(27,28)19-9-11-20(12-10-19)32(29,30)25(3)4;1-4-31-22(26)17-13-15-25(16-14-17)21-8-6-5-7-20(21)23-32(27,28)18-9-11-19(12-10-18)33(29,30)24(2)3;1-21(2,3)28(24,25)17-11-13-18(14-12-17)29(26,27)22-19-9-5-6-10-20(19)23-15-7-4-8-16-23;1-15-11-13-24(14-12-15)20-18(21)5-4-6-19(20)22-29(25,26)16-7-9-17(10-8-16)30(27,28)23(2)3;1-25(21,22)17-10-9-14(13-18-17)26(23,24)19-15-7-3-4-8-16(15)20-11-5-2-6-12-20/h5-12,18,23H,13-17H2,1-4H3;5-12,17,23H,4,13-16H2,1-3H3;5-6,9-14,22H,4,7-8,15-16H2,1-3H3;4-10,15,22H,11-14H2,1-3H3;3-4,7-10,13,19H,2,5-6,11-12H2,1H3. The zero-order valence-electron chi connectivity index (χ0n) is 86.6. The number of benzene rings is 9. The largest absolute Gasteiger partial charge is 0.466 e. The minimum absolute atomic E-state index is 0.00898. The van der Waals surface area contributed by atoms with E-state index in [2.05, 4.69) is 74.1 Å². The van der Waals surface area contributed by atoms with Crippen LogP contribution in [-0.2, 0) is 109 Å². The molecule has 0 bridgehead atoms. The van der Waals surface area contributed by atoms with Crippen molar-refractivity contribution in [1.29, 1.82) is 0 Å². The molecule has 5 fully saturated rings. The van der Waals surface area contributed by atoms with Gasteiger partial charge in [-0.15, -0.1) is 0 Å². The number of anilines is 10. The highest BCUT2D eigenvalue weighted by Crippen LogP contribution is 2.41. The fourth-order valence-corrected chi connectivity index (χ4v) is 27.2. The minimum atomic E-state index is -3.95. The number of ether oxygens (including phenoxy) is 1. The molecule has 1 aromatic heterocycles. The third kappa shape index (κ3) is 31.1. The average Bonchev–Trinajstić information content (AvgIpc) is 0.774. The van der Waals surface area contributed by atoms with Crippen LogP contribution in [0.3, 0.4) is 0 Å². The molecule has 5 aliphatic heterocycles. The van der Waals surface area contributed by atoms with Crippen LogP contribution in [0.2, 0.25) is 5.02 Å². The van der Waals surface area contributed by atoms with Gasteiger partial charge in [-0.05, 0) is 301 Å². The Kier molecular flexibility index (Phi) is 40.5. The highest BCUT2D eigenvalue weighted by molar-refractivity contribution is 7.94. The van der Waals surface area contributed by atoms with Crippen molar-refractivity contribution in [1.82, 2.24) is 22.8 Å². The van der Waals surface area contributed by atoms with Gasteiger partial charge < -0.3 is 34.1 Å². The molecule has 15 rings (SSSR count). The number of esters is 1. The number of para-hydroxylation sites is 9. The van der Waals surface area contributed by atoms with Crippen molar-refractivity contribution < 1.29 is 93.7 Å². The number of sulfonamides is 8. The number of sulfone groups is 2. The van der Waals surface area contributed by atoms with Crippen LogP contribution in [0.25, 0.3) is 0 Å². The van der Waals surface area contributed by atoms with E-state index in [1.54, 1.807) is 94.4 Å². The van der Waals surface area contributed by atoms with Crippen LogP contribution in [0.15, 0.2) is 280 Å². The van der Waals surface area contributed by atoms with E-state index in [0.717, 1.165) is 158 Å². The molecule has 48 heteroatoms. The van der Waals surface area contributed by atoms with Crippen molar-refractivity contribution in [3.63, 3.8) is 0 Å². The second-order valence-corrected chi connectivity index (χ2v) is 58.6. The summed E-state index contributed by atoms with van der Waals surface area (Å²) in [6.45, 7) is 18.4. The van der Waals surface area contributed by atoms with Crippen molar-refractivity contribution in [2.75, 3.05) is 189 Å². The summed E-state index contributed by atoms with van der Waals surface area (Å²) in [4.78, 5) is 28.8. The molecule has 5 N–H and O–H groups in total. The summed E-state index contributed by atoms with van der Waals surface area (Å²) < 4.78 is 271. The molecular weight excluding hydrogens is 2140 g/mol. The molecule has 5 aliphatic rings. The lowest BCUT2D eigenvalue weighted by Crippen LogP contribution is -2.37. The highest BCUT2D eigenvalue weighted by Gasteiger charge is 2.35. The Morgan fingerprint density at radius 1 is 0.353 bits per heavy atom. The molecule has 6 heterocycles. The number of carbonyl (C=O) groups is 1. The van der Waals surface area contributed by atoms with E-state index < -0.39 is 105 Å². The van der Waals surface area contributed by atoms with Crippen LogP contribution in [-0.4, -0.2) is 259 Å². The lowest BCUT2D eigenvalue weighted by molar-refractivity contribution is -0.148. The summed E-state index contributed by atoms with van der Waals surface area (Å²) in [5.41, 5.74) is 6.31. The van der Waals surface area contributed by atoms with Crippen LogP contribution < -0.4 is 48.1 Å². The summed E-state index contributed by atoms with van der Waals surface area (Å²) in [6, 6.07) is 57.5. The number of halogens is 1. The molecule has 150 heavy (non-hydrogen) atoms. The van der Waals surface area contributed by atoms with Gasteiger partial charge in [0.1, 0.15) is 4.90 Å². The number of rotatable bonds is 32. The second kappa shape index (κ2) is 50.9. The lowest BCUT2D eigenvalue weighted by Gasteiger charge is -2.35. The summed E-state index contributed by atoms with van der Waals surface area (Å²) in [5.74, 6) is 0.927. The molecule has 0 spiro atoms. The van der Waals surface area contributed by atoms with Crippen molar-refractivity contribution in [2.45, 2.75) is 166 Å². The van der Waals surface area contributed by atoms with Gasteiger partial charge in [0.05, 0.1) is 118 Å². The maximum absolute atomic E-state index is 13.0. The van der Waals surface area contributed by atoms with E-state index >= 15 is 0 Å². The van der Waals surface area contributed by atoms with Crippen LogP contribution in [0.4, 0.5) is 56.9 Å². The molecule has 0 unspecified atom stereocenters. The van der Waals surface area contributed by atoms with E-state index in [0.29, 0.717) is 83.5 Å². The Morgan fingerprint density at radius 2 is 0.640 bits per heavy atom. The maximum atomic E-state index is 13.0. The maximum Gasteiger partial charge on any atom is 0.309 e. The molecule has 0 aliphatic carbocycles.